The fourth-order valence-electron chi connectivity index (χ4n) is 4.43. The Kier molecular flexibility index (Phi) is 7.92. The van der Waals surface area contributed by atoms with E-state index in [2.05, 4.69) is 15.6 Å². The van der Waals surface area contributed by atoms with Crippen LogP contribution in [0.2, 0.25) is 0 Å². The lowest BCUT2D eigenvalue weighted by Gasteiger charge is -2.33. The van der Waals surface area contributed by atoms with Gasteiger partial charge in [0.1, 0.15) is 6.04 Å². The molecule has 0 bridgehead atoms. The molecule has 35 heavy (non-hydrogen) atoms. The number of carbonyl (C=O) groups excluding carboxylic acids is 3. The lowest BCUT2D eigenvalue weighted by Crippen LogP contribution is -2.49. The molecule has 2 N–H and O–H groups in total. The predicted molar refractivity (Wildman–Crippen MR) is 132 cm³/mol. The summed E-state index contributed by atoms with van der Waals surface area (Å²) in [5.41, 5.74) is 2.10. The van der Waals surface area contributed by atoms with Gasteiger partial charge in [-0.15, -0.1) is 0 Å². The first-order chi connectivity index (χ1) is 17.0. The van der Waals surface area contributed by atoms with Gasteiger partial charge in [-0.1, -0.05) is 37.5 Å². The normalized spacial score (nSPS) is 14.7. The first-order valence-corrected chi connectivity index (χ1v) is 11.9. The predicted octanol–water partition coefficient (Wildman–Crippen LogP) is 3.94. The number of carbonyl (C=O) groups is 3. The molecule has 1 atom stereocenters. The molecule has 4 rings (SSSR count). The Hall–Kier alpha value is -3.94. The molecule has 1 saturated carbocycles. The number of anilines is 1. The van der Waals surface area contributed by atoms with Gasteiger partial charge >= 0.3 is 0 Å². The topological polar surface area (TPSA) is 105 Å². The van der Waals surface area contributed by atoms with E-state index in [0.29, 0.717) is 11.3 Å². The van der Waals surface area contributed by atoms with Crippen molar-refractivity contribution < 1.29 is 18.8 Å². The summed E-state index contributed by atoms with van der Waals surface area (Å²) in [4.78, 5) is 45.4. The summed E-state index contributed by atoms with van der Waals surface area (Å²) >= 11 is 0. The van der Waals surface area contributed by atoms with Crippen LogP contribution in [0, 0.1) is 6.92 Å². The minimum Gasteiger partial charge on any atom is -0.459 e. The van der Waals surface area contributed by atoms with Crippen LogP contribution in [-0.2, 0) is 9.59 Å². The highest BCUT2D eigenvalue weighted by molar-refractivity contribution is 6.04. The molecule has 8 heteroatoms. The number of pyridine rings is 1. The molecule has 1 fully saturated rings. The zero-order chi connectivity index (χ0) is 24.6. The van der Waals surface area contributed by atoms with Crippen molar-refractivity contribution in [2.24, 2.45) is 0 Å². The molecule has 182 valence electrons. The van der Waals surface area contributed by atoms with Crippen LogP contribution in [0.3, 0.4) is 0 Å². The third-order valence-electron chi connectivity index (χ3n) is 6.15. The zero-order valence-corrected chi connectivity index (χ0v) is 19.8. The van der Waals surface area contributed by atoms with Gasteiger partial charge in [0.25, 0.3) is 5.91 Å². The van der Waals surface area contributed by atoms with E-state index in [1.807, 2.05) is 25.1 Å². The van der Waals surface area contributed by atoms with Crippen molar-refractivity contribution in [1.82, 2.24) is 15.6 Å². The van der Waals surface area contributed by atoms with Gasteiger partial charge in [0, 0.05) is 29.7 Å². The number of benzene rings is 1. The number of furan rings is 1. The summed E-state index contributed by atoms with van der Waals surface area (Å²) < 4.78 is 5.12. The van der Waals surface area contributed by atoms with Gasteiger partial charge in [0.2, 0.25) is 11.8 Å². The van der Waals surface area contributed by atoms with Crippen LogP contribution in [0.25, 0.3) is 0 Å². The maximum atomic E-state index is 13.7. The van der Waals surface area contributed by atoms with Crippen LogP contribution in [0.4, 0.5) is 5.69 Å². The molecule has 0 aliphatic heterocycles. The second-order valence-corrected chi connectivity index (χ2v) is 8.80. The van der Waals surface area contributed by atoms with Crippen LogP contribution in [0.5, 0.6) is 0 Å². The van der Waals surface area contributed by atoms with Crippen molar-refractivity contribution >= 4 is 23.4 Å². The summed E-state index contributed by atoms with van der Waals surface area (Å²) in [6.45, 7) is 1.62. The minimum atomic E-state index is -0.944. The molecule has 2 aromatic heterocycles. The molecule has 1 aliphatic rings. The third kappa shape index (κ3) is 6.15. The van der Waals surface area contributed by atoms with Gasteiger partial charge in [-0.05, 0) is 55.7 Å². The molecular weight excluding hydrogens is 444 g/mol. The number of nitrogens with zero attached hydrogens (tertiary/aromatic N) is 2. The first-order valence-electron chi connectivity index (χ1n) is 11.9. The van der Waals surface area contributed by atoms with Crippen molar-refractivity contribution in [3.8, 4) is 0 Å². The highest BCUT2D eigenvalue weighted by Gasteiger charge is 2.34. The molecular formula is C27H30N4O4. The third-order valence-corrected chi connectivity index (χ3v) is 6.15. The van der Waals surface area contributed by atoms with E-state index in [-0.39, 0.29) is 24.3 Å². The van der Waals surface area contributed by atoms with Crippen LogP contribution in [0.15, 0.2) is 71.6 Å². The van der Waals surface area contributed by atoms with Gasteiger partial charge < -0.3 is 15.1 Å². The summed E-state index contributed by atoms with van der Waals surface area (Å²) in [5, 5.41) is 5.77. The Morgan fingerprint density at radius 3 is 2.60 bits per heavy atom. The van der Waals surface area contributed by atoms with Crippen molar-refractivity contribution in [3.63, 3.8) is 0 Å². The second-order valence-electron chi connectivity index (χ2n) is 8.80. The molecule has 3 amide bonds. The van der Waals surface area contributed by atoms with Crippen molar-refractivity contribution in [2.75, 3.05) is 11.4 Å². The second kappa shape index (κ2) is 11.5. The average molecular weight is 475 g/mol. The maximum Gasteiger partial charge on any atom is 0.287 e. The number of amides is 3. The van der Waals surface area contributed by atoms with Crippen molar-refractivity contribution in [2.45, 2.75) is 51.1 Å². The van der Waals surface area contributed by atoms with Crippen molar-refractivity contribution in [3.05, 3.63) is 84.1 Å². The van der Waals surface area contributed by atoms with Crippen LogP contribution >= 0.6 is 0 Å². The zero-order valence-electron chi connectivity index (χ0n) is 19.8. The van der Waals surface area contributed by atoms with E-state index in [9.17, 15) is 14.4 Å². The molecule has 2 heterocycles. The van der Waals surface area contributed by atoms with Crippen LogP contribution < -0.4 is 15.5 Å². The largest absolute Gasteiger partial charge is 0.459 e. The number of aryl methyl sites for hydroxylation is 1. The SMILES string of the molecule is Cc1cccc(N(C(=O)CNC(=O)c2ccco2)[C@@H](C(=O)NC2CCCCC2)c2cccnc2)c1. The molecule has 3 aromatic rings. The molecule has 1 aliphatic carbocycles. The Balaban J connectivity index is 1.66. The minimum absolute atomic E-state index is 0.0727. The number of nitrogens with one attached hydrogen (secondary N) is 2. The Labute approximate surface area is 204 Å². The highest BCUT2D eigenvalue weighted by atomic mass is 16.3. The van der Waals surface area contributed by atoms with Gasteiger partial charge in [-0.3, -0.25) is 24.3 Å². The van der Waals surface area contributed by atoms with Gasteiger partial charge in [-0.2, -0.15) is 0 Å². The molecule has 0 saturated heterocycles. The molecule has 0 radical (unpaired) electrons. The van der Waals surface area contributed by atoms with E-state index in [0.717, 1.165) is 31.2 Å². The lowest BCUT2D eigenvalue weighted by molar-refractivity contribution is -0.127. The smallest absolute Gasteiger partial charge is 0.287 e. The van der Waals surface area contributed by atoms with E-state index in [1.54, 1.807) is 36.7 Å². The lowest BCUT2D eigenvalue weighted by atomic mass is 9.94. The molecule has 0 unspecified atom stereocenters. The summed E-state index contributed by atoms with van der Waals surface area (Å²) in [7, 11) is 0. The average Bonchev–Trinajstić information content (AvgIpc) is 3.42. The molecule has 8 nitrogen and oxygen atoms in total. The van der Waals surface area contributed by atoms with Gasteiger partial charge in [0.05, 0.1) is 12.8 Å². The fraction of sp³-hybridized carbons (Fsp3) is 0.333. The summed E-state index contributed by atoms with van der Waals surface area (Å²) in [5.74, 6) is -1.09. The number of hydrogen-bond donors (Lipinski definition) is 2. The van der Waals surface area contributed by atoms with E-state index < -0.39 is 17.9 Å². The van der Waals surface area contributed by atoms with E-state index in [4.69, 9.17) is 4.42 Å². The van der Waals surface area contributed by atoms with Crippen molar-refractivity contribution in [1.29, 1.82) is 0 Å². The number of hydrogen-bond acceptors (Lipinski definition) is 5. The Morgan fingerprint density at radius 1 is 1.09 bits per heavy atom. The fourth-order valence-corrected chi connectivity index (χ4v) is 4.43. The van der Waals surface area contributed by atoms with Gasteiger partial charge in [-0.25, -0.2) is 0 Å². The Bertz CT molecular complexity index is 1140. The summed E-state index contributed by atoms with van der Waals surface area (Å²) in [6.07, 6.45) is 9.77. The maximum absolute atomic E-state index is 13.7. The first kappa shape index (κ1) is 24.2. The number of rotatable bonds is 8. The Morgan fingerprint density at radius 2 is 1.91 bits per heavy atom. The van der Waals surface area contributed by atoms with E-state index >= 15 is 0 Å². The molecule has 0 spiro atoms. The highest BCUT2D eigenvalue weighted by Crippen LogP contribution is 2.29. The van der Waals surface area contributed by atoms with Crippen LogP contribution in [0.1, 0.15) is 59.8 Å². The van der Waals surface area contributed by atoms with Gasteiger partial charge in [0.15, 0.2) is 5.76 Å². The standard InChI is InChI=1S/C27H30N4O4/c1-19-8-5-12-22(16-19)31(24(32)18-29-26(33)23-13-7-15-35-23)25(20-9-6-14-28-17-20)27(34)30-21-10-3-2-4-11-21/h5-9,12-17,21,25H,2-4,10-11,18H2,1H3,(H,29,33)(H,30,34)/t25-/m1/s1. The van der Waals surface area contributed by atoms with E-state index in [1.165, 1.54) is 23.7 Å². The van der Waals surface area contributed by atoms with Crippen LogP contribution in [-0.4, -0.2) is 35.3 Å². The summed E-state index contributed by atoms with van der Waals surface area (Å²) in [6, 6.07) is 13.2. The molecule has 1 aromatic carbocycles. The quantitative estimate of drug-likeness (QED) is 0.515. The number of aromatic nitrogens is 1. The monoisotopic (exact) mass is 474 g/mol.